The lowest BCUT2D eigenvalue weighted by Crippen LogP contribution is -2.28. The molecule has 0 saturated heterocycles. The number of pyridine rings is 1. The highest BCUT2D eigenvalue weighted by atomic mass is 16.5. The number of fused-ring (bicyclic) bond motifs is 1. The molecule has 0 amide bonds. The normalized spacial score (nSPS) is 10.8. The molecule has 1 aromatic heterocycles. The molecule has 0 aliphatic carbocycles. The van der Waals surface area contributed by atoms with Crippen molar-refractivity contribution in [3.05, 3.63) is 75.1 Å². The lowest BCUT2D eigenvalue weighted by molar-refractivity contribution is 0.0987. The maximum absolute atomic E-state index is 13.1. The molecule has 1 heterocycles. The molecule has 6 nitrogen and oxygen atoms in total. The molecule has 1 N–H and O–H groups in total. The number of nitriles is 1. The third-order valence-corrected chi connectivity index (χ3v) is 4.83. The summed E-state index contributed by atoms with van der Waals surface area (Å²) in [5, 5.41) is 22.0. The number of ether oxygens (including phenoxy) is 1. The Morgan fingerprint density at radius 3 is 2.64 bits per heavy atom. The molecular formula is C22H20N2O4. The van der Waals surface area contributed by atoms with Crippen LogP contribution in [0.1, 0.15) is 27.0 Å². The SMILES string of the molecule is COCCn1c(O)c(C(=O)Cc2cccc3ccccc23)c(C)c(C#N)c1=O. The molecule has 0 aliphatic heterocycles. The Labute approximate surface area is 162 Å². The van der Waals surface area contributed by atoms with E-state index in [-0.39, 0.29) is 42.0 Å². The van der Waals surface area contributed by atoms with Crippen LogP contribution < -0.4 is 5.56 Å². The van der Waals surface area contributed by atoms with E-state index in [1.165, 1.54) is 14.0 Å². The quantitative estimate of drug-likeness (QED) is 0.668. The number of rotatable bonds is 6. The standard InChI is InChI=1S/C22H20N2O4/c1-14-18(13-23)21(26)24(10-11-28-2)22(27)20(14)19(25)12-16-8-5-7-15-6-3-4-9-17(15)16/h3-9,27H,10-12H2,1-2H3. The predicted octanol–water partition coefficient (Wildman–Crippen LogP) is 2.96. The van der Waals surface area contributed by atoms with Gasteiger partial charge in [-0.05, 0) is 28.8 Å². The van der Waals surface area contributed by atoms with E-state index in [2.05, 4.69) is 0 Å². The summed E-state index contributed by atoms with van der Waals surface area (Å²) >= 11 is 0. The lowest BCUT2D eigenvalue weighted by Gasteiger charge is -2.15. The van der Waals surface area contributed by atoms with E-state index >= 15 is 0 Å². The van der Waals surface area contributed by atoms with Crippen LogP contribution in [0.25, 0.3) is 10.8 Å². The van der Waals surface area contributed by atoms with Gasteiger partial charge in [-0.1, -0.05) is 42.5 Å². The van der Waals surface area contributed by atoms with Gasteiger partial charge in [0.25, 0.3) is 5.56 Å². The van der Waals surface area contributed by atoms with Crippen LogP contribution in [-0.4, -0.2) is 29.2 Å². The molecule has 0 spiro atoms. The van der Waals surface area contributed by atoms with Crippen molar-refractivity contribution in [3.8, 4) is 11.9 Å². The minimum Gasteiger partial charge on any atom is -0.494 e. The fraction of sp³-hybridized carbons (Fsp3) is 0.227. The first-order chi connectivity index (χ1) is 13.5. The highest BCUT2D eigenvalue weighted by Crippen LogP contribution is 2.26. The van der Waals surface area contributed by atoms with Gasteiger partial charge < -0.3 is 9.84 Å². The number of Topliss-reactive ketones (excluding diaryl/α,β-unsaturated/α-hetero) is 1. The van der Waals surface area contributed by atoms with Gasteiger partial charge >= 0.3 is 0 Å². The molecule has 3 rings (SSSR count). The molecule has 0 saturated carbocycles. The Morgan fingerprint density at radius 2 is 1.93 bits per heavy atom. The highest BCUT2D eigenvalue weighted by Gasteiger charge is 2.24. The van der Waals surface area contributed by atoms with Gasteiger partial charge in [0.15, 0.2) is 5.78 Å². The van der Waals surface area contributed by atoms with Crippen LogP contribution in [0.2, 0.25) is 0 Å². The monoisotopic (exact) mass is 376 g/mol. The molecule has 0 atom stereocenters. The summed E-state index contributed by atoms with van der Waals surface area (Å²) in [5.74, 6) is -0.780. The smallest absolute Gasteiger partial charge is 0.271 e. The minimum atomic E-state index is -0.628. The third-order valence-electron chi connectivity index (χ3n) is 4.83. The second kappa shape index (κ2) is 8.07. The molecule has 2 aromatic carbocycles. The average molecular weight is 376 g/mol. The number of ketones is 1. The Morgan fingerprint density at radius 1 is 1.21 bits per heavy atom. The van der Waals surface area contributed by atoms with Crippen LogP contribution >= 0.6 is 0 Å². The largest absolute Gasteiger partial charge is 0.494 e. The maximum Gasteiger partial charge on any atom is 0.271 e. The molecular weight excluding hydrogens is 356 g/mol. The van der Waals surface area contributed by atoms with E-state index in [0.717, 1.165) is 20.9 Å². The van der Waals surface area contributed by atoms with Crippen molar-refractivity contribution >= 4 is 16.6 Å². The molecule has 142 valence electrons. The molecule has 0 fully saturated rings. The van der Waals surface area contributed by atoms with Crippen molar-refractivity contribution in [1.82, 2.24) is 4.57 Å². The zero-order valence-corrected chi connectivity index (χ0v) is 15.7. The van der Waals surface area contributed by atoms with E-state index in [0.29, 0.717) is 0 Å². The zero-order chi connectivity index (χ0) is 20.3. The van der Waals surface area contributed by atoms with Crippen molar-refractivity contribution in [2.24, 2.45) is 0 Å². The van der Waals surface area contributed by atoms with Gasteiger partial charge in [-0.15, -0.1) is 0 Å². The van der Waals surface area contributed by atoms with Gasteiger partial charge in [0.2, 0.25) is 5.88 Å². The second-order valence-electron chi connectivity index (χ2n) is 6.50. The predicted molar refractivity (Wildman–Crippen MR) is 106 cm³/mol. The summed E-state index contributed by atoms with van der Waals surface area (Å²) in [5.41, 5.74) is 0.241. The summed E-state index contributed by atoms with van der Waals surface area (Å²) in [6.45, 7) is 1.72. The lowest BCUT2D eigenvalue weighted by atomic mass is 9.95. The van der Waals surface area contributed by atoms with E-state index in [9.17, 15) is 20.0 Å². The number of carbonyl (C=O) groups excluding carboxylic acids is 1. The van der Waals surface area contributed by atoms with E-state index in [1.807, 2.05) is 48.5 Å². The number of hydrogen-bond donors (Lipinski definition) is 1. The average Bonchev–Trinajstić information content (AvgIpc) is 2.68. The maximum atomic E-state index is 13.1. The van der Waals surface area contributed by atoms with Crippen molar-refractivity contribution in [2.75, 3.05) is 13.7 Å². The molecule has 0 radical (unpaired) electrons. The number of hydrogen-bond acceptors (Lipinski definition) is 5. The fourth-order valence-corrected chi connectivity index (χ4v) is 3.38. The van der Waals surface area contributed by atoms with Crippen molar-refractivity contribution in [3.63, 3.8) is 0 Å². The van der Waals surface area contributed by atoms with Gasteiger partial charge in [0.05, 0.1) is 18.7 Å². The Kier molecular flexibility index (Phi) is 5.57. The first-order valence-corrected chi connectivity index (χ1v) is 8.84. The highest BCUT2D eigenvalue weighted by molar-refractivity contribution is 6.03. The number of benzene rings is 2. The Bertz CT molecular complexity index is 1150. The molecule has 0 unspecified atom stereocenters. The van der Waals surface area contributed by atoms with Gasteiger partial charge in [0.1, 0.15) is 11.6 Å². The van der Waals surface area contributed by atoms with Crippen LogP contribution in [0, 0.1) is 18.3 Å². The molecule has 28 heavy (non-hydrogen) atoms. The summed E-state index contributed by atoms with van der Waals surface area (Å²) in [4.78, 5) is 25.6. The summed E-state index contributed by atoms with van der Waals surface area (Å²) in [7, 11) is 1.47. The van der Waals surface area contributed by atoms with Crippen LogP contribution in [-0.2, 0) is 17.7 Å². The zero-order valence-electron chi connectivity index (χ0n) is 15.7. The molecule has 3 aromatic rings. The Hall–Kier alpha value is -3.43. The van der Waals surface area contributed by atoms with Crippen molar-refractivity contribution in [1.29, 1.82) is 5.26 Å². The first kappa shape index (κ1) is 19.3. The third kappa shape index (κ3) is 3.40. The Balaban J connectivity index is 2.11. The number of aromatic nitrogens is 1. The summed E-state index contributed by atoms with van der Waals surface area (Å²) in [6.07, 6.45) is 0.0447. The summed E-state index contributed by atoms with van der Waals surface area (Å²) < 4.78 is 5.98. The number of aromatic hydroxyl groups is 1. The summed E-state index contributed by atoms with van der Waals surface area (Å²) in [6, 6.07) is 15.3. The van der Waals surface area contributed by atoms with Crippen LogP contribution in [0.4, 0.5) is 0 Å². The van der Waals surface area contributed by atoms with Crippen molar-refractivity contribution in [2.45, 2.75) is 19.9 Å². The molecule has 6 heteroatoms. The number of nitrogens with zero attached hydrogens (tertiary/aromatic N) is 2. The first-order valence-electron chi connectivity index (χ1n) is 8.84. The van der Waals surface area contributed by atoms with Gasteiger partial charge in [0, 0.05) is 13.5 Å². The van der Waals surface area contributed by atoms with Crippen LogP contribution in [0.3, 0.4) is 0 Å². The van der Waals surface area contributed by atoms with E-state index in [1.54, 1.807) is 0 Å². The number of methoxy groups -OCH3 is 1. The molecule has 0 aliphatic rings. The fourth-order valence-electron chi connectivity index (χ4n) is 3.38. The van der Waals surface area contributed by atoms with Crippen LogP contribution in [0.5, 0.6) is 5.88 Å². The van der Waals surface area contributed by atoms with E-state index < -0.39 is 11.4 Å². The topological polar surface area (TPSA) is 92.3 Å². The van der Waals surface area contributed by atoms with Gasteiger partial charge in [-0.2, -0.15) is 5.26 Å². The second-order valence-corrected chi connectivity index (χ2v) is 6.50. The van der Waals surface area contributed by atoms with Gasteiger partial charge in [-0.25, -0.2) is 0 Å². The number of carbonyl (C=O) groups is 1. The van der Waals surface area contributed by atoms with Gasteiger partial charge in [-0.3, -0.25) is 14.2 Å². The molecule has 0 bridgehead atoms. The minimum absolute atomic E-state index is 0.000173. The van der Waals surface area contributed by atoms with Crippen LogP contribution in [0.15, 0.2) is 47.3 Å². The van der Waals surface area contributed by atoms with E-state index in [4.69, 9.17) is 4.74 Å². The van der Waals surface area contributed by atoms with Crippen molar-refractivity contribution < 1.29 is 14.6 Å².